The number of hydrogen-bond acceptors (Lipinski definition) is 5. The Morgan fingerprint density at radius 3 is 2.95 bits per heavy atom. The first-order valence-corrected chi connectivity index (χ1v) is 6.37. The van der Waals surface area contributed by atoms with Crippen LogP contribution in [0.5, 0.6) is 0 Å². The van der Waals surface area contributed by atoms with Crippen LogP contribution < -0.4 is 5.73 Å². The van der Waals surface area contributed by atoms with E-state index in [1.807, 2.05) is 6.07 Å². The first kappa shape index (κ1) is 13.9. The zero-order valence-electron chi connectivity index (χ0n) is 11.0. The number of nitro benzene ring substituents is 1. The van der Waals surface area contributed by atoms with Crippen molar-refractivity contribution in [2.75, 3.05) is 26.8 Å². The molecule has 2 unspecified atom stereocenters. The van der Waals surface area contributed by atoms with Gasteiger partial charge in [-0.3, -0.25) is 15.0 Å². The van der Waals surface area contributed by atoms with Gasteiger partial charge in [-0.25, -0.2) is 0 Å². The molecule has 104 valence electrons. The molecule has 0 radical (unpaired) electrons. The molecule has 1 aliphatic rings. The molecule has 0 amide bonds. The second kappa shape index (κ2) is 6.10. The predicted molar refractivity (Wildman–Crippen MR) is 71.9 cm³/mol. The molecule has 0 spiro atoms. The number of ether oxygens (including phenoxy) is 1. The van der Waals surface area contributed by atoms with Crippen LogP contribution >= 0.6 is 0 Å². The summed E-state index contributed by atoms with van der Waals surface area (Å²) in [5, 5.41) is 11.1. The van der Waals surface area contributed by atoms with Crippen molar-refractivity contribution >= 4 is 5.69 Å². The van der Waals surface area contributed by atoms with Crippen LogP contribution in [0.3, 0.4) is 0 Å². The number of hydrogen-bond donors (Lipinski definition) is 1. The summed E-state index contributed by atoms with van der Waals surface area (Å²) in [6.45, 7) is 2.19. The van der Waals surface area contributed by atoms with E-state index in [2.05, 4.69) is 4.90 Å². The monoisotopic (exact) mass is 265 g/mol. The molecule has 0 saturated carbocycles. The standard InChI is InChI=1S/C13H19N3O3/c1-19-9-8-15-7-6-11(14)13(15)10-4-2-3-5-12(10)16(17)18/h2-5,11,13H,6-9,14H2,1H3. The third-order valence-corrected chi connectivity index (χ3v) is 3.58. The van der Waals surface area contributed by atoms with E-state index >= 15 is 0 Å². The molecule has 0 aliphatic carbocycles. The van der Waals surface area contributed by atoms with Crippen LogP contribution in [0.2, 0.25) is 0 Å². The number of para-hydroxylation sites is 1. The van der Waals surface area contributed by atoms with Crippen molar-refractivity contribution in [2.45, 2.75) is 18.5 Å². The molecule has 6 heteroatoms. The maximum absolute atomic E-state index is 11.1. The molecule has 1 saturated heterocycles. The number of benzene rings is 1. The maximum Gasteiger partial charge on any atom is 0.274 e. The summed E-state index contributed by atoms with van der Waals surface area (Å²) in [6, 6.07) is 6.67. The lowest BCUT2D eigenvalue weighted by atomic mass is 9.99. The fraction of sp³-hybridized carbons (Fsp3) is 0.538. The molecule has 1 heterocycles. The normalized spacial score (nSPS) is 23.7. The molecule has 0 bridgehead atoms. The lowest BCUT2D eigenvalue weighted by Gasteiger charge is -2.26. The van der Waals surface area contributed by atoms with Gasteiger partial charge in [-0.15, -0.1) is 0 Å². The number of nitrogens with two attached hydrogens (primary N) is 1. The Kier molecular flexibility index (Phi) is 4.47. The number of rotatable bonds is 5. The van der Waals surface area contributed by atoms with Gasteiger partial charge in [0.1, 0.15) is 0 Å². The summed E-state index contributed by atoms with van der Waals surface area (Å²) in [5.74, 6) is 0. The average Bonchev–Trinajstić information content (AvgIpc) is 2.77. The van der Waals surface area contributed by atoms with Gasteiger partial charge in [-0.1, -0.05) is 18.2 Å². The van der Waals surface area contributed by atoms with Crippen LogP contribution in [-0.4, -0.2) is 42.7 Å². The summed E-state index contributed by atoms with van der Waals surface area (Å²) >= 11 is 0. The van der Waals surface area contributed by atoms with Gasteiger partial charge >= 0.3 is 0 Å². The first-order valence-electron chi connectivity index (χ1n) is 6.37. The van der Waals surface area contributed by atoms with Crippen LogP contribution in [0, 0.1) is 10.1 Å². The highest BCUT2D eigenvalue weighted by Gasteiger charge is 2.36. The lowest BCUT2D eigenvalue weighted by Crippen LogP contribution is -2.34. The van der Waals surface area contributed by atoms with Crippen molar-refractivity contribution in [2.24, 2.45) is 5.73 Å². The molecule has 2 rings (SSSR count). The van der Waals surface area contributed by atoms with E-state index in [9.17, 15) is 10.1 Å². The molecular formula is C13H19N3O3. The van der Waals surface area contributed by atoms with Gasteiger partial charge in [0.05, 0.1) is 17.6 Å². The third kappa shape index (κ3) is 2.91. The van der Waals surface area contributed by atoms with Crippen molar-refractivity contribution in [3.05, 3.63) is 39.9 Å². The first-order chi connectivity index (χ1) is 9.15. The van der Waals surface area contributed by atoms with Crippen molar-refractivity contribution in [3.63, 3.8) is 0 Å². The zero-order chi connectivity index (χ0) is 13.8. The maximum atomic E-state index is 11.1. The van der Waals surface area contributed by atoms with Gasteiger partial charge in [-0.05, 0) is 6.42 Å². The molecule has 2 atom stereocenters. The van der Waals surface area contributed by atoms with Crippen LogP contribution in [0.1, 0.15) is 18.0 Å². The zero-order valence-corrected chi connectivity index (χ0v) is 11.0. The highest BCUT2D eigenvalue weighted by atomic mass is 16.6. The van der Waals surface area contributed by atoms with Gasteiger partial charge in [0.15, 0.2) is 0 Å². The van der Waals surface area contributed by atoms with E-state index in [0.717, 1.165) is 19.5 Å². The Morgan fingerprint density at radius 2 is 2.26 bits per heavy atom. The molecule has 1 aliphatic heterocycles. The Hall–Kier alpha value is -1.50. The molecule has 2 N–H and O–H groups in total. The van der Waals surface area contributed by atoms with E-state index in [-0.39, 0.29) is 22.7 Å². The molecule has 19 heavy (non-hydrogen) atoms. The summed E-state index contributed by atoms with van der Waals surface area (Å²) in [4.78, 5) is 13.0. The average molecular weight is 265 g/mol. The highest BCUT2D eigenvalue weighted by molar-refractivity contribution is 5.43. The topological polar surface area (TPSA) is 81.6 Å². The van der Waals surface area contributed by atoms with Crippen molar-refractivity contribution in [1.29, 1.82) is 0 Å². The second-order valence-corrected chi connectivity index (χ2v) is 4.74. The Labute approximate surface area is 112 Å². The van der Waals surface area contributed by atoms with Gasteiger partial charge in [0, 0.05) is 37.9 Å². The smallest absolute Gasteiger partial charge is 0.274 e. The fourth-order valence-corrected chi connectivity index (χ4v) is 2.67. The predicted octanol–water partition coefficient (Wildman–Crippen LogP) is 1.32. The molecular weight excluding hydrogens is 246 g/mol. The van der Waals surface area contributed by atoms with E-state index in [1.54, 1.807) is 19.2 Å². The molecule has 6 nitrogen and oxygen atoms in total. The van der Waals surface area contributed by atoms with Gasteiger partial charge in [0.25, 0.3) is 5.69 Å². The van der Waals surface area contributed by atoms with Crippen LogP contribution in [0.15, 0.2) is 24.3 Å². The minimum atomic E-state index is -0.338. The van der Waals surface area contributed by atoms with E-state index in [4.69, 9.17) is 10.5 Å². The summed E-state index contributed by atoms with van der Waals surface area (Å²) in [6.07, 6.45) is 0.848. The highest BCUT2D eigenvalue weighted by Crippen LogP contribution is 2.35. The Balaban J connectivity index is 2.29. The Bertz CT molecular complexity index is 453. The van der Waals surface area contributed by atoms with Crippen molar-refractivity contribution in [3.8, 4) is 0 Å². The van der Waals surface area contributed by atoms with E-state index in [1.165, 1.54) is 6.07 Å². The minimum absolute atomic E-state index is 0.0713. The van der Waals surface area contributed by atoms with E-state index in [0.29, 0.717) is 12.2 Å². The van der Waals surface area contributed by atoms with Crippen LogP contribution in [0.25, 0.3) is 0 Å². The van der Waals surface area contributed by atoms with Gasteiger partial charge in [-0.2, -0.15) is 0 Å². The fourth-order valence-electron chi connectivity index (χ4n) is 2.67. The largest absolute Gasteiger partial charge is 0.383 e. The SMILES string of the molecule is COCCN1CCC(N)C1c1ccccc1[N+](=O)[O-]. The molecule has 0 aromatic heterocycles. The Morgan fingerprint density at radius 1 is 1.53 bits per heavy atom. The number of methoxy groups -OCH3 is 1. The summed E-state index contributed by atoms with van der Waals surface area (Å²) < 4.78 is 5.08. The summed E-state index contributed by atoms with van der Waals surface area (Å²) in [5.41, 5.74) is 6.99. The van der Waals surface area contributed by atoms with Crippen molar-refractivity contribution in [1.82, 2.24) is 4.90 Å². The van der Waals surface area contributed by atoms with Crippen LogP contribution in [0.4, 0.5) is 5.69 Å². The second-order valence-electron chi connectivity index (χ2n) is 4.74. The molecule has 1 fully saturated rings. The minimum Gasteiger partial charge on any atom is -0.383 e. The number of likely N-dealkylation sites (tertiary alicyclic amines) is 1. The number of nitro groups is 1. The van der Waals surface area contributed by atoms with Crippen molar-refractivity contribution < 1.29 is 9.66 Å². The van der Waals surface area contributed by atoms with Gasteiger partial charge < -0.3 is 10.5 Å². The third-order valence-electron chi connectivity index (χ3n) is 3.58. The van der Waals surface area contributed by atoms with E-state index < -0.39 is 0 Å². The lowest BCUT2D eigenvalue weighted by molar-refractivity contribution is -0.386. The molecule has 1 aromatic carbocycles. The number of nitrogens with zero attached hydrogens (tertiary/aromatic N) is 2. The summed E-state index contributed by atoms with van der Waals surface area (Å²) in [7, 11) is 1.65. The van der Waals surface area contributed by atoms with Crippen LogP contribution in [-0.2, 0) is 4.74 Å². The quantitative estimate of drug-likeness (QED) is 0.641. The van der Waals surface area contributed by atoms with Gasteiger partial charge in [0.2, 0.25) is 0 Å². The molecule has 1 aromatic rings.